The Balaban J connectivity index is 2.41. The van der Waals surface area contributed by atoms with Gasteiger partial charge in [0.05, 0.1) is 24.3 Å². The molecule has 5 heteroatoms. The Labute approximate surface area is 114 Å². The first-order valence-electron chi connectivity index (χ1n) is 7.13. The fourth-order valence-electron chi connectivity index (χ4n) is 2.90. The van der Waals surface area contributed by atoms with Gasteiger partial charge in [0, 0.05) is 25.0 Å². The molecule has 0 aromatic carbocycles. The van der Waals surface area contributed by atoms with Gasteiger partial charge in [-0.05, 0) is 33.6 Å². The summed E-state index contributed by atoms with van der Waals surface area (Å²) in [7, 11) is 0. The molecule has 5 nitrogen and oxygen atoms in total. The Morgan fingerprint density at radius 1 is 1.53 bits per heavy atom. The normalized spacial score (nSPS) is 24.9. The van der Waals surface area contributed by atoms with E-state index in [-0.39, 0.29) is 18.0 Å². The third-order valence-corrected chi connectivity index (χ3v) is 3.89. The first-order chi connectivity index (χ1) is 9.06. The van der Waals surface area contributed by atoms with E-state index in [9.17, 15) is 4.79 Å². The number of likely N-dealkylation sites (tertiary alicyclic amines) is 1. The van der Waals surface area contributed by atoms with E-state index in [1.54, 1.807) is 0 Å². The van der Waals surface area contributed by atoms with Crippen molar-refractivity contribution < 1.29 is 4.79 Å². The summed E-state index contributed by atoms with van der Waals surface area (Å²) in [6.45, 7) is 6.94. The van der Waals surface area contributed by atoms with Crippen molar-refractivity contribution in [1.29, 1.82) is 0 Å². The highest BCUT2D eigenvalue weighted by molar-refractivity contribution is 5.77. The summed E-state index contributed by atoms with van der Waals surface area (Å²) in [6.07, 6.45) is 6.05. The summed E-state index contributed by atoms with van der Waals surface area (Å²) in [5, 5.41) is 0. The molecule has 2 rings (SSSR count). The van der Waals surface area contributed by atoms with E-state index in [2.05, 4.69) is 23.4 Å². The van der Waals surface area contributed by atoms with Crippen LogP contribution >= 0.6 is 0 Å². The molecule has 0 saturated carbocycles. The molecule has 0 spiro atoms. The largest absolute Gasteiger partial charge is 0.333 e. The van der Waals surface area contributed by atoms with E-state index in [0.29, 0.717) is 19.0 Å². The van der Waals surface area contributed by atoms with Crippen LogP contribution in [0.3, 0.4) is 0 Å². The van der Waals surface area contributed by atoms with E-state index in [1.807, 2.05) is 24.3 Å². The van der Waals surface area contributed by atoms with Crippen LogP contribution in [0.5, 0.6) is 0 Å². The molecule has 0 radical (unpaired) electrons. The molecule has 1 amide bonds. The number of hydrogen-bond donors (Lipinski definition) is 1. The molecule has 1 aliphatic rings. The SMILES string of the molecule is CCN1C(=O)CCCC(N)C1c1cncn1C(C)C. The van der Waals surface area contributed by atoms with Gasteiger partial charge in [-0.15, -0.1) is 0 Å². The molecule has 1 aromatic heterocycles. The van der Waals surface area contributed by atoms with Crippen molar-refractivity contribution in [3.63, 3.8) is 0 Å². The second-order valence-electron chi connectivity index (χ2n) is 5.50. The second kappa shape index (κ2) is 5.74. The van der Waals surface area contributed by atoms with Crippen LogP contribution in [0, 0.1) is 0 Å². The lowest BCUT2D eigenvalue weighted by Crippen LogP contribution is -2.43. The quantitative estimate of drug-likeness (QED) is 0.906. The fraction of sp³-hybridized carbons (Fsp3) is 0.714. The van der Waals surface area contributed by atoms with Crippen LogP contribution in [0.15, 0.2) is 12.5 Å². The summed E-state index contributed by atoms with van der Waals surface area (Å²) in [6, 6.07) is 0.257. The minimum atomic E-state index is -0.0510. The van der Waals surface area contributed by atoms with Crippen LogP contribution in [0.4, 0.5) is 0 Å². The summed E-state index contributed by atoms with van der Waals surface area (Å²) >= 11 is 0. The van der Waals surface area contributed by atoms with Crippen molar-refractivity contribution in [1.82, 2.24) is 14.5 Å². The molecule has 1 fully saturated rings. The van der Waals surface area contributed by atoms with E-state index < -0.39 is 0 Å². The molecule has 2 N–H and O–H groups in total. The van der Waals surface area contributed by atoms with Gasteiger partial charge >= 0.3 is 0 Å². The van der Waals surface area contributed by atoms with Gasteiger partial charge in [-0.3, -0.25) is 4.79 Å². The molecule has 0 aliphatic carbocycles. The third-order valence-electron chi connectivity index (χ3n) is 3.89. The number of amides is 1. The first kappa shape index (κ1) is 14.1. The maximum Gasteiger partial charge on any atom is 0.223 e. The van der Waals surface area contributed by atoms with Crippen molar-refractivity contribution in [3.8, 4) is 0 Å². The van der Waals surface area contributed by atoms with Gasteiger partial charge in [0.15, 0.2) is 0 Å². The van der Waals surface area contributed by atoms with Crippen molar-refractivity contribution in [3.05, 3.63) is 18.2 Å². The van der Waals surface area contributed by atoms with Gasteiger partial charge in [-0.1, -0.05) is 0 Å². The number of rotatable bonds is 3. The number of nitrogens with zero attached hydrogens (tertiary/aromatic N) is 3. The highest BCUT2D eigenvalue weighted by Gasteiger charge is 2.34. The molecule has 106 valence electrons. The van der Waals surface area contributed by atoms with Gasteiger partial charge in [-0.25, -0.2) is 4.98 Å². The first-order valence-corrected chi connectivity index (χ1v) is 7.13. The van der Waals surface area contributed by atoms with Gasteiger partial charge < -0.3 is 15.2 Å². The molecule has 0 bridgehead atoms. The van der Waals surface area contributed by atoms with Crippen LogP contribution in [0.1, 0.15) is 57.8 Å². The van der Waals surface area contributed by atoms with E-state index in [0.717, 1.165) is 18.5 Å². The third kappa shape index (κ3) is 2.66. The van der Waals surface area contributed by atoms with Crippen molar-refractivity contribution in [2.75, 3.05) is 6.54 Å². The maximum absolute atomic E-state index is 12.2. The number of aromatic nitrogens is 2. The number of imidazole rings is 1. The van der Waals surface area contributed by atoms with Crippen LogP contribution in [-0.2, 0) is 4.79 Å². The van der Waals surface area contributed by atoms with Crippen molar-refractivity contribution in [2.24, 2.45) is 5.73 Å². The Morgan fingerprint density at radius 3 is 2.89 bits per heavy atom. The lowest BCUT2D eigenvalue weighted by Gasteiger charge is -2.33. The maximum atomic E-state index is 12.2. The summed E-state index contributed by atoms with van der Waals surface area (Å²) in [4.78, 5) is 18.4. The summed E-state index contributed by atoms with van der Waals surface area (Å²) in [5.74, 6) is 0.206. The average molecular weight is 264 g/mol. The molecule has 2 unspecified atom stereocenters. The Morgan fingerprint density at radius 2 is 2.26 bits per heavy atom. The van der Waals surface area contributed by atoms with E-state index in [4.69, 9.17) is 5.73 Å². The summed E-state index contributed by atoms with van der Waals surface area (Å²) in [5.41, 5.74) is 7.39. The zero-order valence-electron chi connectivity index (χ0n) is 12.0. The minimum Gasteiger partial charge on any atom is -0.333 e. The van der Waals surface area contributed by atoms with Gasteiger partial charge in [0.1, 0.15) is 0 Å². The number of nitrogens with two attached hydrogens (primary N) is 1. The van der Waals surface area contributed by atoms with Crippen LogP contribution in [-0.4, -0.2) is 32.9 Å². The fourth-order valence-corrected chi connectivity index (χ4v) is 2.90. The highest BCUT2D eigenvalue weighted by Crippen LogP contribution is 2.30. The smallest absolute Gasteiger partial charge is 0.223 e. The number of carbonyl (C=O) groups excluding carboxylic acids is 1. The standard InChI is InChI=1S/C14H24N4O/c1-4-17-13(19)7-5-6-11(15)14(17)12-8-16-9-18(12)10(2)3/h8-11,14H,4-7,15H2,1-3H3. The lowest BCUT2D eigenvalue weighted by molar-refractivity contribution is -0.133. The van der Waals surface area contributed by atoms with Gasteiger partial charge in [-0.2, -0.15) is 0 Å². The molecular formula is C14H24N4O. The molecule has 1 aromatic rings. The Bertz CT molecular complexity index is 440. The van der Waals surface area contributed by atoms with E-state index in [1.165, 1.54) is 0 Å². The average Bonchev–Trinajstić information content (AvgIpc) is 2.78. The van der Waals surface area contributed by atoms with Crippen molar-refractivity contribution in [2.45, 2.75) is 58.2 Å². The minimum absolute atomic E-state index is 0.0133. The lowest BCUT2D eigenvalue weighted by atomic mass is 10.0. The predicted molar refractivity (Wildman–Crippen MR) is 74.6 cm³/mol. The monoisotopic (exact) mass is 264 g/mol. The zero-order valence-corrected chi connectivity index (χ0v) is 12.0. The number of likely N-dealkylation sites (N-methyl/N-ethyl adjacent to an activating group) is 1. The van der Waals surface area contributed by atoms with Crippen LogP contribution in [0.25, 0.3) is 0 Å². The second-order valence-corrected chi connectivity index (χ2v) is 5.50. The Hall–Kier alpha value is -1.36. The van der Waals surface area contributed by atoms with Crippen molar-refractivity contribution >= 4 is 5.91 Å². The van der Waals surface area contributed by atoms with Crippen LogP contribution < -0.4 is 5.73 Å². The zero-order chi connectivity index (χ0) is 14.0. The molecule has 2 atom stereocenters. The molecule has 19 heavy (non-hydrogen) atoms. The van der Waals surface area contributed by atoms with Gasteiger partial charge in [0.2, 0.25) is 5.91 Å². The molecule has 2 heterocycles. The summed E-state index contributed by atoms with van der Waals surface area (Å²) < 4.78 is 2.12. The molecule has 1 aliphatic heterocycles. The topological polar surface area (TPSA) is 64.2 Å². The molecule has 1 saturated heterocycles. The predicted octanol–water partition coefficient (Wildman–Crippen LogP) is 1.86. The van der Waals surface area contributed by atoms with Crippen LogP contribution in [0.2, 0.25) is 0 Å². The molecular weight excluding hydrogens is 240 g/mol. The number of carbonyl (C=O) groups is 1. The highest BCUT2D eigenvalue weighted by atomic mass is 16.2. The number of hydrogen-bond acceptors (Lipinski definition) is 3. The van der Waals surface area contributed by atoms with E-state index >= 15 is 0 Å². The Kier molecular flexibility index (Phi) is 4.24. The van der Waals surface area contributed by atoms with Gasteiger partial charge in [0.25, 0.3) is 0 Å².